The molecule has 144 valence electrons. The van der Waals surface area contributed by atoms with Crippen molar-refractivity contribution in [2.75, 3.05) is 19.7 Å². The zero-order chi connectivity index (χ0) is 18.8. The molecule has 4 N–H and O–H groups in total. The van der Waals surface area contributed by atoms with E-state index < -0.39 is 16.1 Å². The summed E-state index contributed by atoms with van der Waals surface area (Å²) in [6.45, 7) is 0.436. The van der Waals surface area contributed by atoms with Crippen LogP contribution in [-0.4, -0.2) is 48.4 Å². The van der Waals surface area contributed by atoms with Gasteiger partial charge in [0, 0.05) is 30.9 Å². The Kier molecular flexibility index (Phi) is 5.61. The highest BCUT2D eigenvalue weighted by molar-refractivity contribution is 7.86. The molecule has 1 amide bonds. The summed E-state index contributed by atoms with van der Waals surface area (Å²) in [5.74, 6) is -0.637. The van der Waals surface area contributed by atoms with Crippen molar-refractivity contribution in [2.45, 2.75) is 38.1 Å². The lowest BCUT2D eigenvalue weighted by atomic mass is 9.63. The average Bonchev–Trinajstić information content (AvgIpc) is 2.60. The van der Waals surface area contributed by atoms with Gasteiger partial charge in [-0.25, -0.2) is 5.14 Å². The molecule has 1 saturated heterocycles. The Morgan fingerprint density at radius 2 is 2.08 bits per heavy atom. The highest BCUT2D eigenvalue weighted by Crippen LogP contribution is 2.50. The number of hydrogen-bond donors (Lipinski definition) is 3. The van der Waals surface area contributed by atoms with E-state index in [9.17, 15) is 18.3 Å². The SMILES string of the molecule is NS(=O)(=O)N1CCCC(C(=O)NC(c2ccncc2)C2(CO)CCC2)C1. The number of aliphatic hydroxyl groups is 1. The summed E-state index contributed by atoms with van der Waals surface area (Å²) >= 11 is 0. The van der Waals surface area contributed by atoms with Gasteiger partial charge in [-0.05, 0) is 43.4 Å². The number of carbonyl (C=O) groups is 1. The quantitative estimate of drug-likeness (QED) is 0.653. The van der Waals surface area contributed by atoms with Crippen molar-refractivity contribution in [2.24, 2.45) is 16.5 Å². The first kappa shape index (κ1) is 19.2. The minimum atomic E-state index is -3.79. The Labute approximate surface area is 154 Å². The Balaban J connectivity index is 1.77. The molecule has 9 heteroatoms. The zero-order valence-electron chi connectivity index (χ0n) is 14.7. The van der Waals surface area contributed by atoms with Gasteiger partial charge in [0.15, 0.2) is 0 Å². The van der Waals surface area contributed by atoms with Crippen LogP contribution in [0.2, 0.25) is 0 Å². The molecule has 2 heterocycles. The number of pyridine rings is 1. The Morgan fingerprint density at radius 1 is 1.38 bits per heavy atom. The number of nitrogens with one attached hydrogen (secondary N) is 1. The summed E-state index contributed by atoms with van der Waals surface area (Å²) in [4.78, 5) is 16.9. The molecule has 1 aliphatic carbocycles. The molecule has 0 aromatic carbocycles. The first-order chi connectivity index (χ1) is 12.4. The van der Waals surface area contributed by atoms with E-state index in [0.717, 1.165) is 29.1 Å². The topological polar surface area (TPSA) is 126 Å². The molecular weight excluding hydrogens is 356 g/mol. The molecule has 0 spiro atoms. The van der Waals surface area contributed by atoms with Crippen molar-refractivity contribution in [1.82, 2.24) is 14.6 Å². The second-order valence-corrected chi connectivity index (χ2v) is 8.88. The van der Waals surface area contributed by atoms with Gasteiger partial charge in [-0.15, -0.1) is 0 Å². The molecule has 1 saturated carbocycles. The van der Waals surface area contributed by atoms with Crippen molar-refractivity contribution in [3.8, 4) is 0 Å². The van der Waals surface area contributed by atoms with Crippen molar-refractivity contribution >= 4 is 16.1 Å². The van der Waals surface area contributed by atoms with E-state index >= 15 is 0 Å². The first-order valence-electron chi connectivity index (χ1n) is 8.95. The van der Waals surface area contributed by atoms with Crippen LogP contribution in [0.5, 0.6) is 0 Å². The van der Waals surface area contributed by atoms with Crippen LogP contribution >= 0.6 is 0 Å². The number of aliphatic hydroxyl groups excluding tert-OH is 1. The maximum atomic E-state index is 12.9. The predicted molar refractivity (Wildman–Crippen MR) is 95.9 cm³/mol. The molecule has 1 aromatic rings. The summed E-state index contributed by atoms with van der Waals surface area (Å²) < 4.78 is 24.3. The minimum absolute atomic E-state index is 0.00571. The van der Waals surface area contributed by atoms with Crippen LogP contribution in [0.15, 0.2) is 24.5 Å². The van der Waals surface area contributed by atoms with Crippen molar-refractivity contribution in [1.29, 1.82) is 0 Å². The van der Waals surface area contributed by atoms with Gasteiger partial charge in [-0.2, -0.15) is 12.7 Å². The lowest BCUT2D eigenvalue weighted by Crippen LogP contribution is -2.52. The fraction of sp³-hybridized carbons (Fsp3) is 0.647. The molecule has 26 heavy (non-hydrogen) atoms. The number of hydrogen-bond acceptors (Lipinski definition) is 5. The molecule has 2 aliphatic rings. The molecule has 2 unspecified atom stereocenters. The standard InChI is InChI=1S/C17H26N4O4S/c18-26(24,25)21-10-1-3-14(11-21)16(23)20-15(13-4-8-19-9-5-13)17(12-22)6-2-7-17/h4-5,8-9,14-15,22H,1-3,6-7,10-12H2,(H,20,23)(H2,18,24,25). The molecule has 2 atom stereocenters. The van der Waals surface area contributed by atoms with Gasteiger partial charge in [0.2, 0.25) is 5.91 Å². The number of nitrogens with two attached hydrogens (primary N) is 1. The normalized spacial score (nSPS) is 24.5. The van der Waals surface area contributed by atoms with E-state index in [-0.39, 0.29) is 30.5 Å². The number of piperidine rings is 1. The van der Waals surface area contributed by atoms with E-state index in [0.29, 0.717) is 19.4 Å². The fourth-order valence-electron chi connectivity index (χ4n) is 3.96. The summed E-state index contributed by atoms with van der Waals surface area (Å²) in [6, 6.07) is 3.37. The van der Waals surface area contributed by atoms with Crippen molar-refractivity contribution in [3.63, 3.8) is 0 Å². The van der Waals surface area contributed by atoms with E-state index in [1.165, 1.54) is 0 Å². The molecule has 2 fully saturated rings. The second kappa shape index (κ2) is 7.59. The van der Waals surface area contributed by atoms with Gasteiger partial charge in [-0.1, -0.05) is 6.42 Å². The summed E-state index contributed by atoms with van der Waals surface area (Å²) in [6.07, 6.45) is 7.24. The van der Waals surface area contributed by atoms with Gasteiger partial charge in [0.25, 0.3) is 10.2 Å². The number of aromatic nitrogens is 1. The second-order valence-electron chi connectivity index (χ2n) is 7.34. The Morgan fingerprint density at radius 3 is 2.62 bits per heavy atom. The molecule has 1 aliphatic heterocycles. The van der Waals surface area contributed by atoms with Crippen LogP contribution in [0.1, 0.15) is 43.7 Å². The zero-order valence-corrected chi connectivity index (χ0v) is 15.5. The maximum Gasteiger partial charge on any atom is 0.276 e. The van der Waals surface area contributed by atoms with E-state index in [4.69, 9.17) is 5.14 Å². The first-order valence-corrected chi connectivity index (χ1v) is 10.4. The van der Waals surface area contributed by atoms with Gasteiger partial charge in [0.1, 0.15) is 0 Å². The smallest absolute Gasteiger partial charge is 0.276 e. The van der Waals surface area contributed by atoms with Gasteiger partial charge in [0.05, 0.1) is 18.6 Å². The fourth-order valence-corrected chi connectivity index (χ4v) is 4.73. The predicted octanol–water partition coefficient (Wildman–Crippen LogP) is 0.317. The van der Waals surface area contributed by atoms with Crippen LogP contribution in [0.3, 0.4) is 0 Å². The Hall–Kier alpha value is -1.55. The van der Waals surface area contributed by atoms with Gasteiger partial charge < -0.3 is 10.4 Å². The number of amides is 1. The molecule has 8 nitrogen and oxygen atoms in total. The molecule has 1 aromatic heterocycles. The maximum absolute atomic E-state index is 12.9. The summed E-state index contributed by atoms with van der Waals surface area (Å²) in [5, 5.41) is 18.3. The number of carbonyl (C=O) groups excluding carboxylic acids is 1. The van der Waals surface area contributed by atoms with E-state index in [1.807, 2.05) is 12.1 Å². The van der Waals surface area contributed by atoms with Crippen molar-refractivity contribution in [3.05, 3.63) is 30.1 Å². The van der Waals surface area contributed by atoms with Gasteiger partial charge in [-0.3, -0.25) is 9.78 Å². The molecule has 3 rings (SSSR count). The monoisotopic (exact) mass is 382 g/mol. The highest BCUT2D eigenvalue weighted by Gasteiger charge is 2.46. The van der Waals surface area contributed by atoms with Crippen LogP contribution < -0.4 is 10.5 Å². The largest absolute Gasteiger partial charge is 0.396 e. The van der Waals surface area contributed by atoms with Crippen molar-refractivity contribution < 1.29 is 18.3 Å². The third-order valence-electron chi connectivity index (χ3n) is 5.72. The molecule has 0 bridgehead atoms. The lowest BCUT2D eigenvalue weighted by molar-refractivity contribution is -0.129. The van der Waals surface area contributed by atoms with Crippen LogP contribution in [0.25, 0.3) is 0 Å². The minimum Gasteiger partial charge on any atom is -0.396 e. The highest BCUT2D eigenvalue weighted by atomic mass is 32.2. The van der Waals surface area contributed by atoms with Gasteiger partial charge >= 0.3 is 0 Å². The average molecular weight is 382 g/mol. The number of rotatable bonds is 6. The summed E-state index contributed by atoms with van der Waals surface area (Å²) in [5.41, 5.74) is 0.534. The lowest BCUT2D eigenvalue weighted by Gasteiger charge is -2.47. The Bertz CT molecular complexity index is 731. The molecule has 0 radical (unpaired) electrons. The van der Waals surface area contributed by atoms with E-state index in [1.54, 1.807) is 12.4 Å². The van der Waals surface area contributed by atoms with Crippen LogP contribution in [0.4, 0.5) is 0 Å². The van der Waals surface area contributed by atoms with Crippen LogP contribution in [-0.2, 0) is 15.0 Å². The molecular formula is C17H26N4O4S. The third-order valence-corrected chi connectivity index (χ3v) is 6.77. The number of nitrogens with zero attached hydrogens (tertiary/aromatic N) is 2. The van der Waals surface area contributed by atoms with Crippen LogP contribution in [0, 0.1) is 11.3 Å². The summed E-state index contributed by atoms with van der Waals surface area (Å²) in [7, 11) is -3.79. The van der Waals surface area contributed by atoms with E-state index in [2.05, 4.69) is 10.3 Å². The third kappa shape index (κ3) is 3.90.